The monoisotopic (exact) mass is 802 g/mol. The zero-order chi connectivity index (χ0) is 40.7. The van der Waals surface area contributed by atoms with Crippen molar-refractivity contribution in [2.24, 2.45) is 0 Å². The Morgan fingerprint density at radius 3 is 1.35 bits per heavy atom. The third kappa shape index (κ3) is 42.2. The van der Waals surface area contributed by atoms with Gasteiger partial charge in [0.15, 0.2) is 6.10 Å². The van der Waals surface area contributed by atoms with Crippen LogP contribution < -0.4 is 4.89 Å². The van der Waals surface area contributed by atoms with E-state index in [9.17, 15) is 19.0 Å². The van der Waals surface area contributed by atoms with E-state index < -0.39 is 26.5 Å². The Labute approximate surface area is 339 Å². The fourth-order valence-electron chi connectivity index (χ4n) is 6.41. The molecule has 0 radical (unpaired) electrons. The Hall–Kier alpha value is -1.25. The molecule has 0 aromatic carbocycles. The molecule has 0 aliphatic carbocycles. The van der Waals surface area contributed by atoms with Crippen LogP contribution in [0.4, 0.5) is 0 Å². The second kappa shape index (κ2) is 38.3. The summed E-state index contributed by atoms with van der Waals surface area (Å²) in [5, 5.41) is 0. The summed E-state index contributed by atoms with van der Waals surface area (Å²) in [5.41, 5.74) is 0. The zero-order valence-electron chi connectivity index (χ0n) is 36.6. The van der Waals surface area contributed by atoms with E-state index in [1.165, 1.54) is 128 Å². The third-order valence-corrected chi connectivity index (χ3v) is 11.0. The van der Waals surface area contributed by atoms with Crippen molar-refractivity contribution in [2.45, 2.75) is 219 Å². The molecule has 0 aromatic heterocycles. The van der Waals surface area contributed by atoms with E-state index in [2.05, 4.69) is 26.0 Å². The average Bonchev–Trinajstić information content (AvgIpc) is 3.13. The van der Waals surface area contributed by atoms with E-state index in [-0.39, 0.29) is 32.0 Å². The molecule has 9 nitrogen and oxygen atoms in total. The molecule has 1 unspecified atom stereocenters. The first-order valence-corrected chi connectivity index (χ1v) is 24.4. The van der Waals surface area contributed by atoms with Gasteiger partial charge in [-0.15, -0.1) is 0 Å². The summed E-state index contributed by atoms with van der Waals surface area (Å²) in [7, 11) is 1.17. The van der Waals surface area contributed by atoms with Gasteiger partial charge in [-0.25, -0.2) is 0 Å². The van der Waals surface area contributed by atoms with Gasteiger partial charge in [0.25, 0.3) is 7.82 Å². The van der Waals surface area contributed by atoms with Crippen molar-refractivity contribution in [1.82, 2.24) is 0 Å². The topological polar surface area (TPSA) is 111 Å². The molecule has 0 amide bonds. The van der Waals surface area contributed by atoms with Crippen LogP contribution in [0.25, 0.3) is 0 Å². The second-order valence-electron chi connectivity index (χ2n) is 16.8. The lowest BCUT2D eigenvalue weighted by molar-refractivity contribution is -0.870. The number of unbranched alkanes of at least 4 members (excludes halogenated alkanes) is 26. The van der Waals surface area contributed by atoms with Crippen molar-refractivity contribution >= 4 is 19.8 Å². The smallest absolute Gasteiger partial charge is 0.306 e. The van der Waals surface area contributed by atoms with E-state index in [0.29, 0.717) is 17.4 Å². The number of phosphoric acid groups is 1. The Morgan fingerprint density at radius 1 is 0.545 bits per heavy atom. The first-order chi connectivity index (χ1) is 26.5. The third-order valence-electron chi connectivity index (χ3n) is 10.0. The quantitative estimate of drug-likeness (QED) is 0.0197. The van der Waals surface area contributed by atoms with Crippen LogP contribution >= 0.6 is 7.82 Å². The lowest BCUT2D eigenvalue weighted by Gasteiger charge is -2.28. The van der Waals surface area contributed by atoms with E-state index in [1.54, 1.807) is 0 Å². The van der Waals surface area contributed by atoms with E-state index >= 15 is 0 Å². The number of hydrogen-bond acceptors (Lipinski definition) is 8. The number of quaternary nitrogens is 1. The SMILES string of the molecule is CCCCCCC/C=C/CCCCCCCC(=O)O[C@H](COC(=O)CCCCCCCCCCCCCCCCCCC)COP(=O)([O-])OCC[N+](C)(C)C. The first-order valence-electron chi connectivity index (χ1n) is 22.9. The number of carbonyl (C=O) groups excluding carboxylic acids is 2. The van der Waals surface area contributed by atoms with Gasteiger partial charge in [0, 0.05) is 12.8 Å². The Balaban J connectivity index is 4.30. The van der Waals surface area contributed by atoms with Crippen LogP contribution in [0.5, 0.6) is 0 Å². The number of allylic oxidation sites excluding steroid dienone is 2. The van der Waals surface area contributed by atoms with Gasteiger partial charge >= 0.3 is 11.9 Å². The number of carbonyl (C=O) groups is 2. The average molecular weight is 802 g/mol. The van der Waals surface area contributed by atoms with Gasteiger partial charge in [0.2, 0.25) is 0 Å². The van der Waals surface area contributed by atoms with Crippen LogP contribution in [-0.4, -0.2) is 70.0 Å². The molecular weight excluding hydrogens is 713 g/mol. The number of rotatable bonds is 42. The molecule has 10 heteroatoms. The summed E-state index contributed by atoms with van der Waals surface area (Å²) in [6.07, 6.45) is 39.5. The molecule has 0 N–H and O–H groups in total. The Kier molecular flexibility index (Phi) is 37.4. The fourth-order valence-corrected chi connectivity index (χ4v) is 7.14. The van der Waals surface area contributed by atoms with Crippen molar-refractivity contribution in [2.75, 3.05) is 47.5 Å². The molecule has 0 saturated carbocycles. The van der Waals surface area contributed by atoms with E-state index in [1.807, 2.05) is 21.1 Å². The Bertz CT molecular complexity index is 954. The zero-order valence-corrected chi connectivity index (χ0v) is 37.5. The molecule has 0 saturated heterocycles. The molecule has 0 bridgehead atoms. The van der Waals surface area contributed by atoms with E-state index in [0.717, 1.165) is 51.4 Å². The minimum absolute atomic E-state index is 0.0293. The predicted octanol–water partition coefficient (Wildman–Crippen LogP) is 12.3. The highest BCUT2D eigenvalue weighted by Crippen LogP contribution is 2.38. The van der Waals surface area contributed by atoms with Crippen LogP contribution in [0, 0.1) is 0 Å². The molecule has 0 heterocycles. The predicted molar refractivity (Wildman–Crippen MR) is 227 cm³/mol. The molecule has 0 fully saturated rings. The molecule has 326 valence electrons. The van der Waals surface area contributed by atoms with Gasteiger partial charge in [-0.05, 0) is 38.5 Å². The normalized spacial score (nSPS) is 13.6. The van der Waals surface area contributed by atoms with Crippen molar-refractivity contribution in [3.05, 3.63) is 12.2 Å². The number of hydrogen-bond donors (Lipinski definition) is 0. The van der Waals surface area contributed by atoms with Crippen LogP contribution in [-0.2, 0) is 32.7 Å². The summed E-state index contributed by atoms with van der Waals surface area (Å²) >= 11 is 0. The van der Waals surface area contributed by atoms with Crippen LogP contribution in [0.15, 0.2) is 12.2 Å². The first kappa shape index (κ1) is 53.8. The van der Waals surface area contributed by atoms with Gasteiger partial charge in [-0.2, -0.15) is 0 Å². The maximum atomic E-state index is 12.7. The maximum Gasteiger partial charge on any atom is 0.306 e. The van der Waals surface area contributed by atoms with Crippen LogP contribution in [0.2, 0.25) is 0 Å². The molecular formula is C45H88NO8P. The minimum atomic E-state index is -4.62. The molecule has 0 aromatic rings. The highest BCUT2D eigenvalue weighted by atomic mass is 31.2. The summed E-state index contributed by atoms with van der Waals surface area (Å²) in [6, 6.07) is 0. The number of likely N-dealkylation sites (N-methyl/N-ethyl adjacent to an activating group) is 1. The number of nitrogens with zero attached hydrogens (tertiary/aromatic N) is 1. The molecule has 2 atom stereocenters. The Morgan fingerprint density at radius 2 is 0.927 bits per heavy atom. The summed E-state index contributed by atoms with van der Waals surface area (Å²) < 4.78 is 33.9. The highest BCUT2D eigenvalue weighted by molar-refractivity contribution is 7.45. The van der Waals surface area contributed by atoms with Crippen LogP contribution in [0.3, 0.4) is 0 Å². The van der Waals surface area contributed by atoms with Gasteiger partial charge < -0.3 is 27.9 Å². The van der Waals surface area contributed by atoms with E-state index in [4.69, 9.17) is 18.5 Å². The van der Waals surface area contributed by atoms with Crippen molar-refractivity contribution in [3.8, 4) is 0 Å². The maximum absolute atomic E-state index is 12.7. The highest BCUT2D eigenvalue weighted by Gasteiger charge is 2.21. The molecule has 55 heavy (non-hydrogen) atoms. The van der Waals surface area contributed by atoms with Gasteiger partial charge in [-0.1, -0.05) is 174 Å². The van der Waals surface area contributed by atoms with Gasteiger partial charge in [0.1, 0.15) is 19.8 Å². The second-order valence-corrected chi connectivity index (χ2v) is 18.2. The molecule has 0 aliphatic rings. The summed E-state index contributed by atoms with van der Waals surface area (Å²) in [6.45, 7) is 4.24. The number of phosphoric ester groups is 1. The number of esters is 2. The standard InChI is InChI=1S/C45H88NO8P/c1-6-8-10-12-14-16-18-20-22-23-24-26-27-29-31-33-35-37-44(47)51-41-43(42-53-55(49,50)52-40-39-46(3,4)5)54-45(48)38-36-34-32-30-28-25-21-19-17-15-13-11-9-7-2/h19,21,43H,6-18,20,22-42H2,1-5H3/b21-19+/t43-/m1/s1. The van der Waals surface area contributed by atoms with Crippen molar-refractivity contribution in [3.63, 3.8) is 0 Å². The molecule has 0 aliphatic heterocycles. The van der Waals surface area contributed by atoms with Crippen LogP contribution in [0.1, 0.15) is 213 Å². The fraction of sp³-hybridized carbons (Fsp3) is 0.911. The largest absolute Gasteiger partial charge is 0.756 e. The summed E-state index contributed by atoms with van der Waals surface area (Å²) in [5.74, 6) is -0.834. The molecule has 0 spiro atoms. The summed E-state index contributed by atoms with van der Waals surface area (Å²) in [4.78, 5) is 37.5. The van der Waals surface area contributed by atoms with Gasteiger partial charge in [-0.3, -0.25) is 14.2 Å². The lowest BCUT2D eigenvalue weighted by atomic mass is 10.0. The van der Waals surface area contributed by atoms with Crippen molar-refractivity contribution < 1.29 is 42.1 Å². The lowest BCUT2D eigenvalue weighted by Crippen LogP contribution is -2.37. The molecule has 0 rings (SSSR count). The minimum Gasteiger partial charge on any atom is -0.756 e. The van der Waals surface area contributed by atoms with Crippen molar-refractivity contribution in [1.29, 1.82) is 0 Å². The van der Waals surface area contributed by atoms with Gasteiger partial charge in [0.05, 0.1) is 27.7 Å². The number of ether oxygens (including phenoxy) is 2.